The predicted octanol–water partition coefficient (Wildman–Crippen LogP) is 5.48. The number of hydrogen-bond acceptors (Lipinski definition) is 4. The van der Waals surface area contributed by atoms with Crippen LogP contribution in [0.3, 0.4) is 0 Å². The number of aliphatic hydroxyl groups excluding tert-OH is 1. The maximum Gasteiger partial charge on any atom is 0.259 e. The van der Waals surface area contributed by atoms with Crippen molar-refractivity contribution in [2.45, 2.75) is 45.1 Å². The Morgan fingerprint density at radius 2 is 1.76 bits per heavy atom. The first-order valence-corrected chi connectivity index (χ1v) is 11.6. The van der Waals surface area contributed by atoms with E-state index in [2.05, 4.69) is 24.0 Å². The van der Waals surface area contributed by atoms with Gasteiger partial charge in [-0.1, -0.05) is 68.4 Å². The smallest absolute Gasteiger partial charge is 0.259 e. The van der Waals surface area contributed by atoms with Gasteiger partial charge >= 0.3 is 0 Å². The summed E-state index contributed by atoms with van der Waals surface area (Å²) in [6.45, 7) is 4.63. The van der Waals surface area contributed by atoms with Crippen LogP contribution in [0.4, 0.5) is 0 Å². The maximum atomic E-state index is 13.0. The Labute approximate surface area is 194 Å². The average Bonchev–Trinajstić information content (AvgIpc) is 2.86. The Kier molecular flexibility index (Phi) is 7.20. The normalized spacial score (nSPS) is 13.1. The highest BCUT2D eigenvalue weighted by Gasteiger charge is 2.21. The predicted molar refractivity (Wildman–Crippen MR) is 133 cm³/mol. The monoisotopic (exact) mass is 442 g/mol. The lowest BCUT2D eigenvalue weighted by Gasteiger charge is -2.21. The molecule has 0 radical (unpaired) electrons. The summed E-state index contributed by atoms with van der Waals surface area (Å²) in [4.78, 5) is 20.7. The van der Waals surface area contributed by atoms with Crippen LogP contribution >= 0.6 is 0 Å². The second kappa shape index (κ2) is 10.5. The molecule has 4 aromatic rings. The van der Waals surface area contributed by atoms with Crippen LogP contribution in [0.25, 0.3) is 22.3 Å². The van der Waals surface area contributed by atoms with Gasteiger partial charge in [-0.15, -0.1) is 0 Å². The molecule has 170 valence electrons. The number of nitrogens with one attached hydrogen (secondary N) is 1. The summed E-state index contributed by atoms with van der Waals surface area (Å²) in [5, 5.41) is 11.5. The Balaban J connectivity index is 1.69. The molecule has 0 fully saturated rings. The van der Waals surface area contributed by atoms with Crippen molar-refractivity contribution >= 4 is 10.9 Å². The van der Waals surface area contributed by atoms with Crippen LogP contribution in [-0.4, -0.2) is 27.8 Å². The van der Waals surface area contributed by atoms with Crippen LogP contribution < -0.4 is 10.3 Å². The molecule has 0 aliphatic rings. The number of aromatic nitrogens is 2. The molecular formula is C28H30N2O3. The molecule has 0 spiro atoms. The van der Waals surface area contributed by atoms with E-state index in [1.807, 2.05) is 61.5 Å². The third kappa shape index (κ3) is 5.15. The molecule has 1 aromatic heterocycles. The summed E-state index contributed by atoms with van der Waals surface area (Å²) in [5.74, 6) is 0.985. The highest BCUT2D eigenvalue weighted by molar-refractivity contribution is 5.83. The number of H-pyrrole nitrogens is 1. The lowest BCUT2D eigenvalue weighted by Crippen LogP contribution is -2.19. The van der Waals surface area contributed by atoms with Crippen molar-refractivity contribution in [3.05, 3.63) is 94.3 Å². The van der Waals surface area contributed by atoms with Gasteiger partial charge in [0.05, 0.1) is 29.2 Å². The van der Waals surface area contributed by atoms with Gasteiger partial charge in [-0.05, 0) is 48.6 Å². The van der Waals surface area contributed by atoms with Crippen LogP contribution in [0.2, 0.25) is 0 Å². The number of aryl methyl sites for hydroxylation is 1. The molecular weight excluding hydrogens is 412 g/mol. The van der Waals surface area contributed by atoms with Crippen molar-refractivity contribution in [3.8, 4) is 17.1 Å². The SMILES string of the molecule is CCCOc1ccccc1-c1nc2c(C(C)C(O)CCc3ccccc3)cccc2c(=O)[nH]1. The summed E-state index contributed by atoms with van der Waals surface area (Å²) < 4.78 is 5.88. The van der Waals surface area contributed by atoms with E-state index >= 15 is 0 Å². The largest absolute Gasteiger partial charge is 0.493 e. The number of aliphatic hydroxyl groups is 1. The first kappa shape index (κ1) is 22.7. The average molecular weight is 443 g/mol. The van der Waals surface area contributed by atoms with Crippen molar-refractivity contribution < 1.29 is 9.84 Å². The van der Waals surface area contributed by atoms with Crippen LogP contribution in [0, 0.1) is 0 Å². The third-order valence-corrected chi connectivity index (χ3v) is 6.01. The maximum absolute atomic E-state index is 13.0. The topological polar surface area (TPSA) is 75.2 Å². The van der Waals surface area contributed by atoms with E-state index in [-0.39, 0.29) is 11.5 Å². The van der Waals surface area contributed by atoms with E-state index in [1.165, 1.54) is 5.56 Å². The van der Waals surface area contributed by atoms with E-state index in [0.29, 0.717) is 35.5 Å². The Morgan fingerprint density at radius 1 is 1.00 bits per heavy atom. The van der Waals surface area contributed by atoms with Crippen LogP contribution in [0.15, 0.2) is 77.6 Å². The van der Waals surface area contributed by atoms with Gasteiger partial charge in [0.15, 0.2) is 0 Å². The fraction of sp³-hybridized carbons (Fsp3) is 0.286. The van der Waals surface area contributed by atoms with Gasteiger partial charge in [-0.2, -0.15) is 0 Å². The number of nitrogens with zero attached hydrogens (tertiary/aromatic N) is 1. The van der Waals surface area contributed by atoms with Gasteiger partial charge < -0.3 is 14.8 Å². The molecule has 2 unspecified atom stereocenters. The molecule has 0 amide bonds. The summed E-state index contributed by atoms with van der Waals surface area (Å²) in [7, 11) is 0. The minimum absolute atomic E-state index is 0.175. The lowest BCUT2D eigenvalue weighted by molar-refractivity contribution is 0.140. The van der Waals surface area contributed by atoms with E-state index in [0.717, 1.165) is 24.0 Å². The van der Waals surface area contributed by atoms with Crippen LogP contribution in [0.5, 0.6) is 5.75 Å². The zero-order chi connectivity index (χ0) is 23.2. The van der Waals surface area contributed by atoms with Gasteiger partial charge in [0.25, 0.3) is 5.56 Å². The Bertz CT molecular complexity index is 1270. The second-order valence-electron chi connectivity index (χ2n) is 8.38. The highest BCUT2D eigenvalue weighted by Crippen LogP contribution is 2.31. The Morgan fingerprint density at radius 3 is 2.55 bits per heavy atom. The molecule has 4 rings (SSSR count). The van der Waals surface area contributed by atoms with E-state index < -0.39 is 6.10 Å². The molecule has 0 aliphatic carbocycles. The molecule has 0 saturated carbocycles. The van der Waals surface area contributed by atoms with Gasteiger partial charge in [-0.3, -0.25) is 4.79 Å². The van der Waals surface area contributed by atoms with Crippen molar-refractivity contribution in [1.82, 2.24) is 9.97 Å². The summed E-state index contributed by atoms with van der Waals surface area (Å²) in [5.41, 5.74) is 3.23. The van der Waals surface area contributed by atoms with Gasteiger partial charge in [0.2, 0.25) is 0 Å². The minimum Gasteiger partial charge on any atom is -0.493 e. The molecule has 5 nitrogen and oxygen atoms in total. The summed E-state index contributed by atoms with van der Waals surface area (Å²) in [6.07, 6.45) is 1.75. The zero-order valence-corrected chi connectivity index (χ0v) is 19.1. The van der Waals surface area contributed by atoms with Crippen LogP contribution in [0.1, 0.15) is 43.7 Å². The summed E-state index contributed by atoms with van der Waals surface area (Å²) in [6, 6.07) is 23.3. The zero-order valence-electron chi connectivity index (χ0n) is 19.1. The molecule has 3 aromatic carbocycles. The third-order valence-electron chi connectivity index (χ3n) is 6.01. The van der Waals surface area contributed by atoms with Gasteiger partial charge in [0, 0.05) is 5.92 Å². The fourth-order valence-electron chi connectivity index (χ4n) is 4.10. The van der Waals surface area contributed by atoms with E-state index in [9.17, 15) is 9.90 Å². The molecule has 2 atom stereocenters. The molecule has 0 bridgehead atoms. The standard InChI is InChI=1S/C28H30N2O3/c1-3-18-33-25-15-8-7-12-22(25)27-29-26-21(13-9-14-23(26)28(32)30-27)19(2)24(31)17-16-20-10-5-4-6-11-20/h4-15,19,24,31H,3,16-18H2,1-2H3,(H,29,30,32). The van der Waals surface area contributed by atoms with Crippen molar-refractivity contribution in [2.75, 3.05) is 6.61 Å². The molecule has 0 saturated heterocycles. The van der Waals surface area contributed by atoms with E-state index in [1.54, 1.807) is 6.07 Å². The molecule has 5 heteroatoms. The number of benzene rings is 3. The molecule has 2 N–H and O–H groups in total. The number of ether oxygens (including phenoxy) is 1. The second-order valence-corrected chi connectivity index (χ2v) is 8.38. The Hall–Kier alpha value is -3.44. The van der Waals surface area contributed by atoms with Crippen molar-refractivity contribution in [1.29, 1.82) is 0 Å². The first-order chi connectivity index (χ1) is 16.1. The van der Waals surface area contributed by atoms with E-state index in [4.69, 9.17) is 9.72 Å². The fourth-order valence-corrected chi connectivity index (χ4v) is 4.10. The molecule has 1 heterocycles. The number of fused-ring (bicyclic) bond motifs is 1. The molecule has 0 aliphatic heterocycles. The van der Waals surface area contributed by atoms with Gasteiger partial charge in [0.1, 0.15) is 11.6 Å². The molecule has 33 heavy (non-hydrogen) atoms. The number of rotatable bonds is 9. The lowest BCUT2D eigenvalue weighted by atomic mass is 9.90. The quantitative estimate of drug-likeness (QED) is 0.360. The number of hydrogen-bond donors (Lipinski definition) is 2. The highest BCUT2D eigenvalue weighted by atomic mass is 16.5. The first-order valence-electron chi connectivity index (χ1n) is 11.6. The van der Waals surface area contributed by atoms with Crippen molar-refractivity contribution in [3.63, 3.8) is 0 Å². The van der Waals surface area contributed by atoms with Crippen LogP contribution in [-0.2, 0) is 6.42 Å². The van der Waals surface area contributed by atoms with Crippen molar-refractivity contribution in [2.24, 2.45) is 0 Å². The number of para-hydroxylation sites is 2. The van der Waals surface area contributed by atoms with Gasteiger partial charge in [-0.25, -0.2) is 4.98 Å². The number of aromatic amines is 1. The summed E-state index contributed by atoms with van der Waals surface area (Å²) >= 11 is 0. The minimum atomic E-state index is -0.555.